The van der Waals surface area contributed by atoms with E-state index in [-0.39, 0.29) is 5.91 Å². The molecule has 0 N–H and O–H groups in total. The Morgan fingerprint density at radius 3 is 2.57 bits per heavy atom. The van der Waals surface area contributed by atoms with Gasteiger partial charge in [0.1, 0.15) is 0 Å². The van der Waals surface area contributed by atoms with Crippen LogP contribution >= 0.6 is 11.8 Å². The molecular weight excluding hydrogens is 396 g/mol. The fraction of sp³-hybridized carbons (Fsp3) is 0.652. The van der Waals surface area contributed by atoms with Crippen LogP contribution in [0.4, 0.5) is 0 Å². The SMILES string of the molecule is CCn1c(SCC(=O)N2CCC(CN3CC(C)OC(C)C3)CC2)nc2ccccc21. The summed E-state index contributed by atoms with van der Waals surface area (Å²) in [7, 11) is 0. The molecule has 4 rings (SSSR count). The first-order valence-electron chi connectivity index (χ1n) is 11.3. The number of nitrogens with zero attached hydrogens (tertiary/aromatic N) is 4. The lowest BCUT2D eigenvalue weighted by Crippen LogP contribution is -2.48. The largest absolute Gasteiger partial charge is 0.373 e. The lowest BCUT2D eigenvalue weighted by molar-refractivity contribution is -0.130. The number of imidazole rings is 1. The summed E-state index contributed by atoms with van der Waals surface area (Å²) in [5.41, 5.74) is 2.14. The van der Waals surface area contributed by atoms with Gasteiger partial charge in [-0.25, -0.2) is 4.98 Å². The monoisotopic (exact) mass is 430 g/mol. The van der Waals surface area contributed by atoms with Crippen LogP contribution in [-0.2, 0) is 16.1 Å². The Balaban J connectivity index is 1.26. The molecule has 1 amide bonds. The van der Waals surface area contributed by atoms with Gasteiger partial charge in [0, 0.05) is 39.3 Å². The van der Waals surface area contributed by atoms with Crippen LogP contribution in [0.1, 0.15) is 33.6 Å². The van der Waals surface area contributed by atoms with Crippen molar-refractivity contribution in [2.24, 2.45) is 5.92 Å². The molecule has 3 heterocycles. The van der Waals surface area contributed by atoms with Crippen LogP contribution in [0.15, 0.2) is 29.4 Å². The normalized spacial score (nSPS) is 23.9. The number of hydrogen-bond donors (Lipinski definition) is 0. The second-order valence-corrected chi connectivity index (χ2v) is 9.66. The van der Waals surface area contributed by atoms with Gasteiger partial charge in [0.15, 0.2) is 5.16 Å². The number of para-hydroxylation sites is 2. The molecule has 2 aliphatic rings. The lowest BCUT2D eigenvalue weighted by Gasteiger charge is -2.39. The summed E-state index contributed by atoms with van der Waals surface area (Å²) in [5, 5.41) is 0.942. The summed E-state index contributed by atoms with van der Waals surface area (Å²) in [6.07, 6.45) is 2.84. The maximum atomic E-state index is 12.8. The topological polar surface area (TPSA) is 50.6 Å². The number of likely N-dealkylation sites (tertiary alicyclic amines) is 1. The number of morpholine rings is 1. The van der Waals surface area contributed by atoms with Crippen LogP contribution in [-0.4, -0.2) is 75.9 Å². The lowest BCUT2D eigenvalue weighted by atomic mass is 9.95. The van der Waals surface area contributed by atoms with Crippen LogP contribution in [0, 0.1) is 5.92 Å². The Morgan fingerprint density at radius 1 is 1.17 bits per heavy atom. The minimum Gasteiger partial charge on any atom is -0.373 e. The second kappa shape index (κ2) is 9.71. The van der Waals surface area contributed by atoms with E-state index in [1.54, 1.807) is 11.8 Å². The smallest absolute Gasteiger partial charge is 0.233 e. The Hall–Kier alpha value is -1.57. The summed E-state index contributed by atoms with van der Waals surface area (Å²) < 4.78 is 8.05. The third-order valence-electron chi connectivity index (χ3n) is 6.24. The van der Waals surface area contributed by atoms with Gasteiger partial charge in [0.05, 0.1) is 29.0 Å². The molecule has 2 unspecified atom stereocenters. The summed E-state index contributed by atoms with van der Waals surface area (Å²) in [6, 6.07) is 8.18. The van der Waals surface area contributed by atoms with Gasteiger partial charge in [-0.05, 0) is 51.7 Å². The Kier molecular flexibility index (Phi) is 7.01. The molecule has 2 atom stereocenters. The second-order valence-electron chi connectivity index (χ2n) is 8.72. The molecule has 30 heavy (non-hydrogen) atoms. The number of benzene rings is 1. The number of amides is 1. The third-order valence-corrected chi connectivity index (χ3v) is 7.20. The average Bonchev–Trinajstić information content (AvgIpc) is 3.09. The van der Waals surface area contributed by atoms with Crippen molar-refractivity contribution in [3.05, 3.63) is 24.3 Å². The molecule has 0 spiro atoms. The molecule has 0 aliphatic carbocycles. The predicted molar refractivity (Wildman–Crippen MR) is 122 cm³/mol. The molecule has 1 aromatic carbocycles. The van der Waals surface area contributed by atoms with Gasteiger partial charge in [-0.3, -0.25) is 9.69 Å². The van der Waals surface area contributed by atoms with Crippen molar-refractivity contribution in [2.45, 2.75) is 57.5 Å². The number of fused-ring (bicyclic) bond motifs is 1. The van der Waals surface area contributed by atoms with E-state index in [1.165, 1.54) is 0 Å². The highest BCUT2D eigenvalue weighted by atomic mass is 32.2. The van der Waals surface area contributed by atoms with Crippen LogP contribution in [0.3, 0.4) is 0 Å². The van der Waals surface area contributed by atoms with E-state index < -0.39 is 0 Å². The molecule has 1 aromatic heterocycles. The maximum Gasteiger partial charge on any atom is 0.233 e. The van der Waals surface area contributed by atoms with Crippen LogP contribution in [0.25, 0.3) is 11.0 Å². The molecule has 164 valence electrons. The number of carbonyl (C=O) groups is 1. The number of thioether (sulfide) groups is 1. The number of ether oxygens (including phenoxy) is 1. The zero-order chi connectivity index (χ0) is 21.1. The van der Waals surface area contributed by atoms with Crippen molar-refractivity contribution in [1.82, 2.24) is 19.4 Å². The zero-order valence-corrected chi connectivity index (χ0v) is 19.2. The van der Waals surface area contributed by atoms with Crippen molar-refractivity contribution < 1.29 is 9.53 Å². The highest BCUT2D eigenvalue weighted by Crippen LogP contribution is 2.26. The van der Waals surface area contributed by atoms with Crippen LogP contribution in [0.2, 0.25) is 0 Å². The minimum absolute atomic E-state index is 0.238. The standard InChI is InChI=1S/C23H34N4O2S/c1-4-27-21-8-6-5-7-20(21)24-23(27)30-16-22(28)26-11-9-19(10-12-26)15-25-13-17(2)29-18(3)14-25/h5-8,17-19H,4,9-16H2,1-3H3. The van der Waals surface area contributed by atoms with Crippen molar-refractivity contribution in [2.75, 3.05) is 38.5 Å². The summed E-state index contributed by atoms with van der Waals surface area (Å²) >= 11 is 1.57. The number of rotatable bonds is 6. The van der Waals surface area contributed by atoms with Gasteiger partial charge in [-0.15, -0.1) is 0 Å². The maximum absolute atomic E-state index is 12.8. The summed E-state index contributed by atoms with van der Waals surface area (Å²) in [4.78, 5) is 22.1. The number of hydrogen-bond acceptors (Lipinski definition) is 5. The molecule has 0 radical (unpaired) electrons. The highest BCUT2D eigenvalue weighted by Gasteiger charge is 2.28. The quantitative estimate of drug-likeness (QED) is 0.657. The number of aryl methyl sites for hydroxylation is 1. The number of aromatic nitrogens is 2. The van der Waals surface area contributed by atoms with E-state index in [0.29, 0.717) is 23.9 Å². The molecule has 2 aromatic rings. The van der Waals surface area contributed by atoms with Gasteiger partial charge in [-0.1, -0.05) is 23.9 Å². The van der Waals surface area contributed by atoms with Gasteiger partial charge >= 0.3 is 0 Å². The van der Waals surface area contributed by atoms with Crippen molar-refractivity contribution in [3.8, 4) is 0 Å². The van der Waals surface area contributed by atoms with E-state index in [4.69, 9.17) is 9.72 Å². The predicted octanol–water partition coefficient (Wildman–Crippen LogP) is 3.50. The van der Waals surface area contributed by atoms with E-state index >= 15 is 0 Å². The first kappa shape index (κ1) is 21.7. The molecule has 2 saturated heterocycles. The van der Waals surface area contributed by atoms with Crippen molar-refractivity contribution in [1.29, 1.82) is 0 Å². The molecule has 6 nitrogen and oxygen atoms in total. The van der Waals surface area contributed by atoms with Gasteiger partial charge < -0.3 is 14.2 Å². The number of carbonyl (C=O) groups excluding carboxylic acids is 1. The first-order chi connectivity index (χ1) is 14.5. The third kappa shape index (κ3) is 5.01. The van der Waals surface area contributed by atoms with E-state index in [1.807, 2.05) is 23.1 Å². The Labute approximate surface area is 183 Å². The minimum atomic E-state index is 0.238. The summed E-state index contributed by atoms with van der Waals surface area (Å²) in [5.74, 6) is 1.39. The fourth-order valence-corrected chi connectivity index (χ4v) is 5.83. The zero-order valence-electron chi connectivity index (χ0n) is 18.4. The highest BCUT2D eigenvalue weighted by molar-refractivity contribution is 7.99. The molecule has 2 fully saturated rings. The van der Waals surface area contributed by atoms with Crippen molar-refractivity contribution >= 4 is 28.7 Å². The van der Waals surface area contributed by atoms with Gasteiger partial charge in [-0.2, -0.15) is 0 Å². The average molecular weight is 431 g/mol. The first-order valence-corrected chi connectivity index (χ1v) is 12.3. The molecule has 0 saturated carbocycles. The van der Waals surface area contributed by atoms with Crippen LogP contribution < -0.4 is 0 Å². The van der Waals surface area contributed by atoms with E-state index in [2.05, 4.69) is 36.3 Å². The molecule has 0 bridgehead atoms. The number of piperidine rings is 1. The molecule has 2 aliphatic heterocycles. The van der Waals surface area contributed by atoms with E-state index in [0.717, 1.165) is 68.3 Å². The van der Waals surface area contributed by atoms with Crippen molar-refractivity contribution in [3.63, 3.8) is 0 Å². The van der Waals surface area contributed by atoms with E-state index in [9.17, 15) is 4.79 Å². The Morgan fingerprint density at radius 2 is 1.87 bits per heavy atom. The molecular formula is C23H34N4O2S. The van der Waals surface area contributed by atoms with Gasteiger partial charge in [0.2, 0.25) is 5.91 Å². The fourth-order valence-electron chi connectivity index (χ4n) is 4.85. The molecule has 7 heteroatoms. The Bertz CT molecular complexity index is 852. The van der Waals surface area contributed by atoms with Crippen LogP contribution in [0.5, 0.6) is 0 Å². The van der Waals surface area contributed by atoms with Gasteiger partial charge in [0.25, 0.3) is 0 Å². The summed E-state index contributed by atoms with van der Waals surface area (Å²) in [6.45, 7) is 12.3.